The lowest BCUT2D eigenvalue weighted by molar-refractivity contribution is 0.405. The van der Waals surface area contributed by atoms with Gasteiger partial charge in [0.05, 0.1) is 11.9 Å². The van der Waals surface area contributed by atoms with Crippen molar-refractivity contribution in [3.8, 4) is 5.75 Å². The monoisotopic (exact) mass is 366 g/mol. The molecule has 0 aliphatic heterocycles. The van der Waals surface area contributed by atoms with E-state index >= 15 is 0 Å². The van der Waals surface area contributed by atoms with E-state index in [1.807, 2.05) is 0 Å². The second kappa shape index (κ2) is 6.01. The predicted molar refractivity (Wildman–Crippen MR) is 70.0 cm³/mol. The van der Waals surface area contributed by atoms with Gasteiger partial charge in [-0.3, -0.25) is 0 Å². The summed E-state index contributed by atoms with van der Waals surface area (Å²) in [5.74, 6) is -6.65. The van der Waals surface area contributed by atoms with Crippen molar-refractivity contribution in [2.75, 3.05) is 7.11 Å². The molecule has 0 N–H and O–H groups in total. The number of halogens is 6. The third-order valence-electron chi connectivity index (χ3n) is 2.88. The molecule has 0 fully saturated rings. The molecule has 0 aliphatic carbocycles. The molecule has 7 heteroatoms. The summed E-state index contributed by atoms with van der Waals surface area (Å²) in [6.07, 6.45) is 0. The normalized spacial score (nSPS) is 12.3. The van der Waals surface area contributed by atoms with Crippen LogP contribution < -0.4 is 4.74 Å². The Morgan fingerprint density at radius 3 is 2.00 bits per heavy atom. The number of methoxy groups -OCH3 is 1. The quantitative estimate of drug-likeness (QED) is 0.427. The molecular weight excluding hydrogens is 359 g/mol. The van der Waals surface area contributed by atoms with Crippen molar-refractivity contribution in [2.45, 2.75) is 4.83 Å². The van der Waals surface area contributed by atoms with Crippen LogP contribution in [0, 0.1) is 29.1 Å². The van der Waals surface area contributed by atoms with E-state index < -0.39 is 45.0 Å². The smallest absolute Gasteiger partial charge is 0.194 e. The number of alkyl halides is 1. The van der Waals surface area contributed by atoms with Crippen LogP contribution in [0.15, 0.2) is 24.3 Å². The Kier molecular flexibility index (Phi) is 4.51. The zero-order chi connectivity index (χ0) is 15.7. The van der Waals surface area contributed by atoms with Crippen molar-refractivity contribution in [1.29, 1.82) is 0 Å². The van der Waals surface area contributed by atoms with E-state index in [9.17, 15) is 22.0 Å². The summed E-state index contributed by atoms with van der Waals surface area (Å²) in [5.41, 5.74) is -0.947. The van der Waals surface area contributed by atoms with Crippen LogP contribution in [0.25, 0.3) is 0 Å². The fraction of sp³-hybridized carbons (Fsp3) is 0.143. The second-order valence-electron chi connectivity index (χ2n) is 4.13. The van der Waals surface area contributed by atoms with E-state index in [0.717, 1.165) is 18.2 Å². The fourth-order valence-corrected chi connectivity index (χ4v) is 2.60. The minimum Gasteiger partial charge on any atom is -0.497 e. The van der Waals surface area contributed by atoms with E-state index in [1.54, 1.807) is 0 Å². The summed E-state index contributed by atoms with van der Waals surface area (Å²) >= 11 is 2.90. The molecule has 0 saturated carbocycles. The molecule has 2 aromatic carbocycles. The van der Waals surface area contributed by atoms with Crippen LogP contribution in [0.4, 0.5) is 22.0 Å². The Morgan fingerprint density at radius 1 is 0.905 bits per heavy atom. The van der Waals surface area contributed by atoms with Gasteiger partial charge in [0.25, 0.3) is 0 Å². The molecule has 0 aliphatic rings. The van der Waals surface area contributed by atoms with Crippen LogP contribution in [0.1, 0.15) is 16.0 Å². The first-order chi connectivity index (χ1) is 9.86. The van der Waals surface area contributed by atoms with Gasteiger partial charge < -0.3 is 4.74 Å². The molecule has 112 valence electrons. The van der Waals surface area contributed by atoms with Gasteiger partial charge in [-0.2, -0.15) is 0 Å². The Balaban J connectivity index is 2.55. The van der Waals surface area contributed by atoms with E-state index in [-0.39, 0.29) is 5.75 Å². The molecule has 0 bridgehead atoms. The van der Waals surface area contributed by atoms with Crippen LogP contribution in [-0.4, -0.2) is 7.11 Å². The molecule has 0 heterocycles. The maximum absolute atomic E-state index is 13.9. The molecule has 0 spiro atoms. The average molecular weight is 367 g/mol. The summed E-state index contributed by atoms with van der Waals surface area (Å²) in [4.78, 5) is -1.32. The first-order valence-corrected chi connectivity index (χ1v) is 6.58. The number of benzene rings is 2. The molecule has 0 radical (unpaired) electrons. The molecule has 21 heavy (non-hydrogen) atoms. The lowest BCUT2D eigenvalue weighted by Crippen LogP contribution is -2.06. The summed E-state index contributed by atoms with van der Waals surface area (Å²) in [5, 5.41) is 0. The first-order valence-electron chi connectivity index (χ1n) is 5.67. The number of rotatable bonds is 3. The lowest BCUT2D eigenvalue weighted by Gasteiger charge is -2.15. The van der Waals surface area contributed by atoms with Crippen molar-refractivity contribution < 1.29 is 26.7 Å². The largest absolute Gasteiger partial charge is 0.497 e. The maximum atomic E-state index is 13.9. The first kappa shape index (κ1) is 15.8. The van der Waals surface area contributed by atoms with Crippen molar-refractivity contribution in [2.24, 2.45) is 0 Å². The molecule has 1 atom stereocenters. The van der Waals surface area contributed by atoms with Gasteiger partial charge in [0.15, 0.2) is 17.5 Å². The Hall–Kier alpha value is -1.63. The Morgan fingerprint density at radius 2 is 1.48 bits per heavy atom. The third kappa shape index (κ3) is 2.88. The highest BCUT2D eigenvalue weighted by molar-refractivity contribution is 9.09. The van der Waals surface area contributed by atoms with Gasteiger partial charge in [0.1, 0.15) is 17.4 Å². The molecule has 1 unspecified atom stereocenters. The highest BCUT2D eigenvalue weighted by Gasteiger charge is 2.25. The molecule has 1 nitrogen and oxygen atoms in total. The third-order valence-corrected chi connectivity index (χ3v) is 3.83. The fourth-order valence-electron chi connectivity index (χ4n) is 1.81. The maximum Gasteiger partial charge on any atom is 0.194 e. The topological polar surface area (TPSA) is 9.23 Å². The van der Waals surface area contributed by atoms with Crippen LogP contribution >= 0.6 is 15.9 Å². The summed E-state index contributed by atoms with van der Waals surface area (Å²) in [6.45, 7) is 0. The molecule has 2 aromatic rings. The van der Waals surface area contributed by atoms with Gasteiger partial charge in [-0.15, -0.1) is 0 Å². The number of ether oxygens (including phenoxy) is 1. The molecule has 0 amide bonds. The summed E-state index contributed by atoms with van der Waals surface area (Å²) in [6, 6.07) is 3.41. The van der Waals surface area contributed by atoms with Crippen LogP contribution in [0.2, 0.25) is 0 Å². The molecule has 0 aromatic heterocycles. The van der Waals surface area contributed by atoms with Crippen molar-refractivity contribution in [1.82, 2.24) is 0 Å². The van der Waals surface area contributed by atoms with Crippen molar-refractivity contribution in [3.05, 3.63) is 64.5 Å². The molecule has 2 rings (SSSR count). The highest BCUT2D eigenvalue weighted by Crippen LogP contribution is 2.37. The van der Waals surface area contributed by atoms with Gasteiger partial charge in [-0.05, 0) is 6.07 Å². The van der Waals surface area contributed by atoms with Crippen molar-refractivity contribution in [3.63, 3.8) is 0 Å². The minimum atomic E-state index is -1.70. The number of hydrogen-bond acceptors (Lipinski definition) is 1. The molecule has 0 saturated heterocycles. The predicted octanol–water partition coefficient (Wildman–Crippen LogP) is 4.88. The van der Waals surface area contributed by atoms with Gasteiger partial charge in [0.2, 0.25) is 0 Å². The second-order valence-corrected chi connectivity index (χ2v) is 5.05. The Bertz CT molecular complexity index is 666. The highest BCUT2D eigenvalue weighted by atomic mass is 79.9. The van der Waals surface area contributed by atoms with E-state index in [2.05, 4.69) is 15.9 Å². The van der Waals surface area contributed by atoms with Gasteiger partial charge in [0, 0.05) is 23.3 Å². The van der Waals surface area contributed by atoms with E-state index in [4.69, 9.17) is 4.74 Å². The van der Waals surface area contributed by atoms with Gasteiger partial charge >= 0.3 is 0 Å². The molecular formula is C14H8BrF5O. The number of hydrogen-bond donors (Lipinski definition) is 0. The minimum absolute atomic E-state index is 0.0563. The van der Waals surface area contributed by atoms with E-state index in [0.29, 0.717) is 6.07 Å². The summed E-state index contributed by atoms with van der Waals surface area (Å²) < 4.78 is 72.3. The van der Waals surface area contributed by atoms with Crippen LogP contribution in [-0.2, 0) is 0 Å². The average Bonchev–Trinajstić information content (AvgIpc) is 2.43. The van der Waals surface area contributed by atoms with Gasteiger partial charge in [-0.1, -0.05) is 22.0 Å². The van der Waals surface area contributed by atoms with E-state index in [1.165, 1.54) is 7.11 Å². The van der Waals surface area contributed by atoms with Gasteiger partial charge in [-0.25, -0.2) is 22.0 Å². The van der Waals surface area contributed by atoms with Crippen LogP contribution in [0.3, 0.4) is 0 Å². The van der Waals surface area contributed by atoms with Crippen molar-refractivity contribution >= 4 is 15.9 Å². The SMILES string of the molecule is COc1cc(F)c(C(Br)c2ccc(F)c(F)c2F)c(F)c1. The summed E-state index contributed by atoms with van der Waals surface area (Å²) in [7, 11) is 1.23. The zero-order valence-electron chi connectivity index (χ0n) is 10.6. The zero-order valence-corrected chi connectivity index (χ0v) is 12.1. The van der Waals surface area contributed by atoms with Crippen LogP contribution in [0.5, 0.6) is 5.75 Å². The standard InChI is InChI=1S/C14H8BrF5O/c1-21-6-4-9(17)11(10(18)5-6)12(15)7-2-3-8(16)14(20)13(7)19/h2-5,12H,1H3. The lowest BCUT2D eigenvalue weighted by atomic mass is 10.0. The Labute approximate surface area is 125 Å².